The fraction of sp³-hybridized carbons (Fsp3) is 0.273. The number of rotatable bonds is 8. The first-order valence-corrected chi connectivity index (χ1v) is 10.5. The normalized spacial score (nSPS) is 15.1. The summed E-state index contributed by atoms with van der Waals surface area (Å²) in [6, 6.07) is 11.1. The van der Waals surface area contributed by atoms with E-state index in [9.17, 15) is 19.7 Å². The van der Waals surface area contributed by atoms with Gasteiger partial charge in [-0.05, 0) is 61.9 Å². The van der Waals surface area contributed by atoms with Crippen LogP contribution in [-0.2, 0) is 11.3 Å². The molecular weight excluding hydrogens is 420 g/mol. The van der Waals surface area contributed by atoms with Crippen molar-refractivity contribution in [1.29, 1.82) is 0 Å². The van der Waals surface area contributed by atoms with Gasteiger partial charge in [0.15, 0.2) is 11.5 Å². The van der Waals surface area contributed by atoms with E-state index in [1.807, 2.05) is 20.8 Å². The lowest BCUT2D eigenvalue weighted by molar-refractivity contribution is -0.384. The Morgan fingerprint density at radius 1 is 1.13 bits per heavy atom. The maximum atomic E-state index is 12.8. The summed E-state index contributed by atoms with van der Waals surface area (Å²) in [6.07, 6.45) is 1.63. The molecule has 8 nitrogen and oxygen atoms in total. The van der Waals surface area contributed by atoms with Crippen LogP contribution in [0.5, 0.6) is 11.5 Å². The zero-order valence-electron chi connectivity index (χ0n) is 17.4. The van der Waals surface area contributed by atoms with Gasteiger partial charge in [0, 0.05) is 12.1 Å². The maximum Gasteiger partial charge on any atom is 0.293 e. The number of carbonyl (C=O) groups is 2. The predicted octanol–water partition coefficient (Wildman–Crippen LogP) is 5.02. The number of nitro benzene ring substituents is 1. The van der Waals surface area contributed by atoms with E-state index in [-0.39, 0.29) is 23.6 Å². The zero-order chi connectivity index (χ0) is 22.5. The molecule has 0 N–H and O–H groups in total. The molecule has 0 aromatic heterocycles. The molecule has 1 saturated heterocycles. The van der Waals surface area contributed by atoms with E-state index in [0.717, 1.165) is 16.7 Å². The summed E-state index contributed by atoms with van der Waals surface area (Å²) in [7, 11) is 0. The van der Waals surface area contributed by atoms with Crippen molar-refractivity contribution >= 4 is 34.7 Å². The Labute approximate surface area is 184 Å². The molecule has 2 amide bonds. The molecule has 0 spiro atoms. The van der Waals surface area contributed by atoms with E-state index in [1.54, 1.807) is 24.3 Å². The Bertz CT molecular complexity index is 1030. The third-order valence-corrected chi connectivity index (χ3v) is 5.20. The van der Waals surface area contributed by atoms with Crippen LogP contribution in [0, 0.1) is 10.1 Å². The van der Waals surface area contributed by atoms with Gasteiger partial charge in [0.05, 0.1) is 29.1 Å². The van der Waals surface area contributed by atoms with Gasteiger partial charge >= 0.3 is 0 Å². The number of ether oxygens (including phenoxy) is 2. The highest BCUT2D eigenvalue weighted by molar-refractivity contribution is 8.18. The minimum absolute atomic E-state index is 0.0130. The van der Waals surface area contributed by atoms with E-state index in [2.05, 4.69) is 0 Å². The van der Waals surface area contributed by atoms with E-state index in [4.69, 9.17) is 9.47 Å². The topological polar surface area (TPSA) is 99.0 Å². The molecule has 162 valence electrons. The van der Waals surface area contributed by atoms with Gasteiger partial charge in [-0.1, -0.05) is 18.2 Å². The fourth-order valence-electron chi connectivity index (χ4n) is 2.93. The van der Waals surface area contributed by atoms with Crippen LogP contribution >= 0.6 is 11.8 Å². The van der Waals surface area contributed by atoms with E-state index in [0.29, 0.717) is 34.1 Å². The molecule has 1 heterocycles. The molecule has 1 aliphatic rings. The molecular formula is C22H22N2O6S. The van der Waals surface area contributed by atoms with Crippen LogP contribution in [0.25, 0.3) is 6.08 Å². The third kappa shape index (κ3) is 5.43. The molecule has 1 fully saturated rings. The second-order valence-electron chi connectivity index (χ2n) is 7.00. The molecule has 0 aliphatic carbocycles. The Balaban J connectivity index is 1.79. The summed E-state index contributed by atoms with van der Waals surface area (Å²) in [6.45, 7) is 6.22. The van der Waals surface area contributed by atoms with Gasteiger partial charge < -0.3 is 9.47 Å². The lowest BCUT2D eigenvalue weighted by atomic mass is 10.1. The van der Waals surface area contributed by atoms with Gasteiger partial charge in [0.25, 0.3) is 16.8 Å². The first-order chi connectivity index (χ1) is 14.8. The van der Waals surface area contributed by atoms with Crippen LogP contribution in [-0.4, -0.2) is 33.7 Å². The van der Waals surface area contributed by atoms with Crippen LogP contribution in [0.3, 0.4) is 0 Å². The summed E-state index contributed by atoms with van der Waals surface area (Å²) in [5.74, 6) is 0.768. The lowest BCUT2D eigenvalue weighted by Gasteiger charge is -2.15. The number of hydrogen-bond donors (Lipinski definition) is 0. The Kier molecular flexibility index (Phi) is 6.96. The zero-order valence-corrected chi connectivity index (χ0v) is 18.2. The van der Waals surface area contributed by atoms with Crippen molar-refractivity contribution in [1.82, 2.24) is 4.90 Å². The Morgan fingerprint density at radius 3 is 2.45 bits per heavy atom. The van der Waals surface area contributed by atoms with E-state index < -0.39 is 10.8 Å². The van der Waals surface area contributed by atoms with Crippen molar-refractivity contribution in [2.24, 2.45) is 0 Å². The van der Waals surface area contributed by atoms with Crippen molar-refractivity contribution < 1.29 is 24.0 Å². The molecule has 9 heteroatoms. The highest BCUT2D eigenvalue weighted by Gasteiger charge is 2.35. The van der Waals surface area contributed by atoms with Gasteiger partial charge in [-0.15, -0.1) is 0 Å². The molecule has 0 bridgehead atoms. The molecule has 0 atom stereocenters. The molecule has 2 aromatic carbocycles. The van der Waals surface area contributed by atoms with Gasteiger partial charge in [-0.2, -0.15) is 0 Å². The standard InChI is InChI=1S/C22H22N2O6S/c1-4-29-19-11-16(7-10-18(19)30-14(2)3)12-20-21(25)23(22(26)31-20)13-15-5-8-17(9-6-15)24(27)28/h5-12,14H,4,13H2,1-3H3/b20-12-. The molecule has 0 unspecified atom stereocenters. The lowest BCUT2D eigenvalue weighted by Crippen LogP contribution is -2.27. The summed E-state index contributed by atoms with van der Waals surface area (Å²) in [4.78, 5) is 36.9. The number of benzene rings is 2. The van der Waals surface area contributed by atoms with Gasteiger partial charge in [0.1, 0.15) is 0 Å². The molecule has 2 aromatic rings. The summed E-state index contributed by atoms with van der Waals surface area (Å²) >= 11 is 0.856. The number of nitrogens with zero attached hydrogens (tertiary/aromatic N) is 2. The Morgan fingerprint density at radius 2 is 1.84 bits per heavy atom. The Hall–Kier alpha value is -3.33. The number of imide groups is 1. The second kappa shape index (κ2) is 9.65. The second-order valence-corrected chi connectivity index (χ2v) is 7.99. The number of thioether (sulfide) groups is 1. The van der Waals surface area contributed by atoms with Crippen LogP contribution in [0.15, 0.2) is 47.4 Å². The number of nitro groups is 1. The van der Waals surface area contributed by atoms with Crippen LogP contribution in [0.1, 0.15) is 31.9 Å². The molecule has 3 rings (SSSR count). The quantitative estimate of drug-likeness (QED) is 0.322. The van der Waals surface area contributed by atoms with Crippen molar-refractivity contribution in [2.45, 2.75) is 33.4 Å². The highest BCUT2D eigenvalue weighted by Crippen LogP contribution is 2.35. The minimum Gasteiger partial charge on any atom is -0.490 e. The molecule has 1 aliphatic heterocycles. The number of non-ortho nitro benzene ring substituents is 1. The van der Waals surface area contributed by atoms with Crippen molar-refractivity contribution in [3.8, 4) is 11.5 Å². The smallest absolute Gasteiger partial charge is 0.293 e. The largest absolute Gasteiger partial charge is 0.490 e. The van der Waals surface area contributed by atoms with E-state index >= 15 is 0 Å². The summed E-state index contributed by atoms with van der Waals surface area (Å²) in [5, 5.41) is 10.4. The van der Waals surface area contributed by atoms with Gasteiger partial charge in [-0.3, -0.25) is 24.6 Å². The third-order valence-electron chi connectivity index (χ3n) is 4.29. The first kappa shape index (κ1) is 22.4. The molecule has 31 heavy (non-hydrogen) atoms. The average Bonchev–Trinajstić information content (AvgIpc) is 2.97. The van der Waals surface area contributed by atoms with Crippen LogP contribution < -0.4 is 9.47 Å². The molecule has 0 saturated carbocycles. The molecule has 0 radical (unpaired) electrons. The van der Waals surface area contributed by atoms with Crippen molar-refractivity contribution in [3.05, 3.63) is 68.6 Å². The van der Waals surface area contributed by atoms with Gasteiger partial charge in [0.2, 0.25) is 0 Å². The maximum absolute atomic E-state index is 12.8. The van der Waals surface area contributed by atoms with Crippen LogP contribution in [0.2, 0.25) is 0 Å². The minimum atomic E-state index is -0.499. The fourth-order valence-corrected chi connectivity index (χ4v) is 3.77. The average molecular weight is 442 g/mol. The van der Waals surface area contributed by atoms with E-state index in [1.165, 1.54) is 24.3 Å². The highest BCUT2D eigenvalue weighted by atomic mass is 32.2. The SMILES string of the molecule is CCOc1cc(/C=C2\SC(=O)N(Cc3ccc([N+](=O)[O-])cc3)C2=O)ccc1OC(C)C. The van der Waals surface area contributed by atoms with Crippen LogP contribution in [0.4, 0.5) is 10.5 Å². The number of hydrogen-bond acceptors (Lipinski definition) is 7. The van der Waals surface area contributed by atoms with Crippen molar-refractivity contribution in [2.75, 3.05) is 6.61 Å². The van der Waals surface area contributed by atoms with Crippen molar-refractivity contribution in [3.63, 3.8) is 0 Å². The number of amides is 2. The number of carbonyl (C=O) groups excluding carboxylic acids is 2. The predicted molar refractivity (Wildman–Crippen MR) is 118 cm³/mol. The summed E-state index contributed by atoms with van der Waals surface area (Å²) < 4.78 is 11.4. The summed E-state index contributed by atoms with van der Waals surface area (Å²) in [5.41, 5.74) is 1.29. The van der Waals surface area contributed by atoms with Gasteiger partial charge in [-0.25, -0.2) is 0 Å². The monoisotopic (exact) mass is 442 g/mol. The first-order valence-electron chi connectivity index (χ1n) is 9.70.